The van der Waals surface area contributed by atoms with E-state index in [9.17, 15) is 22.4 Å². The first-order valence-electron chi connectivity index (χ1n) is 6.83. The van der Waals surface area contributed by atoms with Gasteiger partial charge in [-0.15, -0.1) is 11.8 Å². The predicted octanol–water partition coefficient (Wildman–Crippen LogP) is 5.28. The van der Waals surface area contributed by atoms with Crippen molar-refractivity contribution in [1.82, 2.24) is 0 Å². The molecule has 0 bridgehead atoms. The Morgan fingerprint density at radius 1 is 1.17 bits per heavy atom. The van der Waals surface area contributed by atoms with Crippen LogP contribution in [0, 0.1) is 5.82 Å². The fourth-order valence-electron chi connectivity index (χ4n) is 2.45. The van der Waals surface area contributed by atoms with E-state index in [4.69, 9.17) is 11.6 Å². The molecule has 0 spiro atoms. The highest BCUT2D eigenvalue weighted by Crippen LogP contribution is 2.43. The Morgan fingerprint density at radius 3 is 2.58 bits per heavy atom. The van der Waals surface area contributed by atoms with Gasteiger partial charge in [0.2, 0.25) is 5.91 Å². The third kappa shape index (κ3) is 3.23. The minimum Gasteiger partial charge on any atom is -0.295 e. The van der Waals surface area contributed by atoms with Crippen LogP contribution in [0.1, 0.15) is 16.5 Å². The maximum atomic E-state index is 13.3. The Labute approximate surface area is 144 Å². The molecule has 1 atom stereocenters. The third-order valence-corrected chi connectivity index (χ3v) is 5.05. The van der Waals surface area contributed by atoms with Gasteiger partial charge in [0.25, 0.3) is 0 Å². The second-order valence-corrected chi connectivity index (χ2v) is 6.62. The summed E-state index contributed by atoms with van der Waals surface area (Å²) in [5.41, 5.74) is -0.0861. The van der Waals surface area contributed by atoms with Crippen LogP contribution in [0.25, 0.3) is 0 Å². The molecule has 1 aliphatic rings. The van der Waals surface area contributed by atoms with Crippen LogP contribution in [0.3, 0.4) is 0 Å². The lowest BCUT2D eigenvalue weighted by Crippen LogP contribution is -2.28. The summed E-state index contributed by atoms with van der Waals surface area (Å²) < 4.78 is 52.0. The number of thioether (sulfide) groups is 1. The molecule has 126 valence electrons. The first-order valence-corrected chi connectivity index (χ1v) is 8.26. The molecule has 1 heterocycles. The number of halogens is 5. The van der Waals surface area contributed by atoms with Gasteiger partial charge in [-0.05, 0) is 35.9 Å². The van der Waals surface area contributed by atoms with Gasteiger partial charge in [0.1, 0.15) is 11.2 Å². The summed E-state index contributed by atoms with van der Waals surface area (Å²) in [4.78, 5) is 13.5. The Kier molecular flexibility index (Phi) is 4.48. The van der Waals surface area contributed by atoms with Crippen molar-refractivity contribution in [3.05, 3.63) is 64.4 Å². The van der Waals surface area contributed by atoms with E-state index in [2.05, 4.69) is 0 Å². The SMILES string of the molecule is O=C1CSC(c2cccc(C(F)(F)F)c2)N1c1ccc(F)c(Cl)c1. The van der Waals surface area contributed by atoms with Crippen molar-refractivity contribution in [1.29, 1.82) is 0 Å². The summed E-state index contributed by atoms with van der Waals surface area (Å²) in [6.45, 7) is 0. The summed E-state index contributed by atoms with van der Waals surface area (Å²) in [5, 5.41) is -0.777. The van der Waals surface area contributed by atoms with Crippen molar-refractivity contribution in [3.8, 4) is 0 Å². The van der Waals surface area contributed by atoms with Crippen LogP contribution in [0.15, 0.2) is 42.5 Å². The molecule has 3 rings (SSSR count). The van der Waals surface area contributed by atoms with Gasteiger partial charge in [0.05, 0.1) is 16.3 Å². The summed E-state index contributed by atoms with van der Waals surface area (Å²) >= 11 is 6.96. The van der Waals surface area contributed by atoms with Gasteiger partial charge in [0, 0.05) is 5.69 Å². The van der Waals surface area contributed by atoms with Gasteiger partial charge in [-0.2, -0.15) is 13.2 Å². The summed E-state index contributed by atoms with van der Waals surface area (Å²) in [6.07, 6.45) is -4.46. The first kappa shape index (κ1) is 17.1. The molecule has 2 nitrogen and oxygen atoms in total. The second-order valence-electron chi connectivity index (χ2n) is 5.15. The molecule has 1 unspecified atom stereocenters. The molecule has 0 saturated carbocycles. The van der Waals surface area contributed by atoms with Crippen LogP contribution in [0.5, 0.6) is 0 Å². The second kappa shape index (κ2) is 6.29. The predicted molar refractivity (Wildman–Crippen MR) is 85.5 cm³/mol. The lowest BCUT2D eigenvalue weighted by Gasteiger charge is -2.25. The van der Waals surface area contributed by atoms with Crippen molar-refractivity contribution in [2.24, 2.45) is 0 Å². The molecule has 0 radical (unpaired) electrons. The fourth-order valence-corrected chi connectivity index (χ4v) is 3.79. The van der Waals surface area contributed by atoms with E-state index >= 15 is 0 Å². The smallest absolute Gasteiger partial charge is 0.295 e. The Morgan fingerprint density at radius 2 is 1.92 bits per heavy atom. The molecule has 24 heavy (non-hydrogen) atoms. The van der Waals surface area contributed by atoms with Crippen molar-refractivity contribution < 1.29 is 22.4 Å². The topological polar surface area (TPSA) is 20.3 Å². The van der Waals surface area contributed by atoms with E-state index < -0.39 is 22.9 Å². The third-order valence-electron chi connectivity index (χ3n) is 3.55. The zero-order chi connectivity index (χ0) is 17.5. The number of carbonyl (C=O) groups is 1. The average Bonchev–Trinajstić information content (AvgIpc) is 2.91. The van der Waals surface area contributed by atoms with Crippen molar-refractivity contribution in [2.45, 2.75) is 11.6 Å². The normalized spacial score (nSPS) is 18.3. The Balaban J connectivity index is 2.01. The lowest BCUT2D eigenvalue weighted by molar-refractivity contribution is -0.137. The highest BCUT2D eigenvalue weighted by atomic mass is 35.5. The molecule has 1 amide bonds. The van der Waals surface area contributed by atoms with E-state index in [0.29, 0.717) is 11.3 Å². The standard InChI is InChI=1S/C16H10ClF4NOS/c17-12-7-11(4-5-13(12)18)22-14(23)8-24-15(22)9-2-1-3-10(6-9)16(19,20)21/h1-7,15H,8H2. The van der Waals surface area contributed by atoms with Gasteiger partial charge in [0.15, 0.2) is 0 Å². The molecule has 1 saturated heterocycles. The Hall–Kier alpha value is -1.73. The maximum Gasteiger partial charge on any atom is 0.416 e. The molecular formula is C16H10ClF4NOS. The van der Waals surface area contributed by atoms with E-state index in [1.54, 1.807) is 0 Å². The van der Waals surface area contributed by atoms with Crippen LogP contribution in [0.4, 0.5) is 23.2 Å². The van der Waals surface area contributed by atoms with Crippen molar-refractivity contribution in [2.75, 3.05) is 10.7 Å². The number of carbonyl (C=O) groups excluding carboxylic acids is 1. The number of amides is 1. The largest absolute Gasteiger partial charge is 0.416 e. The monoisotopic (exact) mass is 375 g/mol. The van der Waals surface area contributed by atoms with Gasteiger partial charge in [-0.1, -0.05) is 23.7 Å². The molecular weight excluding hydrogens is 366 g/mol. The van der Waals surface area contributed by atoms with Crippen LogP contribution in [0.2, 0.25) is 5.02 Å². The van der Waals surface area contributed by atoms with Crippen LogP contribution in [-0.2, 0) is 11.0 Å². The average molecular weight is 376 g/mol. The van der Waals surface area contributed by atoms with Gasteiger partial charge in [-0.3, -0.25) is 9.69 Å². The highest BCUT2D eigenvalue weighted by Gasteiger charge is 2.36. The highest BCUT2D eigenvalue weighted by molar-refractivity contribution is 8.00. The summed E-state index contributed by atoms with van der Waals surface area (Å²) in [5.74, 6) is -0.781. The number of rotatable bonds is 2. The molecule has 0 N–H and O–H groups in total. The molecule has 1 aliphatic heterocycles. The summed E-state index contributed by atoms with van der Waals surface area (Å²) in [7, 11) is 0. The molecule has 8 heteroatoms. The molecule has 2 aromatic rings. The molecule has 1 fully saturated rings. The first-order chi connectivity index (χ1) is 11.3. The fraction of sp³-hybridized carbons (Fsp3) is 0.188. The minimum absolute atomic E-state index is 0.121. The number of alkyl halides is 3. The quantitative estimate of drug-likeness (QED) is 0.666. The lowest BCUT2D eigenvalue weighted by atomic mass is 10.1. The number of benzene rings is 2. The van der Waals surface area contributed by atoms with E-state index in [1.165, 1.54) is 40.9 Å². The summed E-state index contributed by atoms with van der Waals surface area (Å²) in [6, 6.07) is 8.63. The number of nitrogens with zero attached hydrogens (tertiary/aromatic N) is 1. The van der Waals surface area contributed by atoms with Gasteiger partial charge in [-0.25, -0.2) is 4.39 Å². The van der Waals surface area contributed by atoms with Crippen molar-refractivity contribution >= 4 is 35.0 Å². The van der Waals surface area contributed by atoms with Crippen LogP contribution < -0.4 is 4.90 Å². The minimum atomic E-state index is -4.46. The maximum absolute atomic E-state index is 13.3. The van der Waals surface area contributed by atoms with E-state index in [0.717, 1.165) is 18.2 Å². The van der Waals surface area contributed by atoms with Gasteiger partial charge >= 0.3 is 6.18 Å². The van der Waals surface area contributed by atoms with Crippen molar-refractivity contribution in [3.63, 3.8) is 0 Å². The Bertz CT molecular complexity index is 796. The number of hydrogen-bond donors (Lipinski definition) is 0. The number of hydrogen-bond acceptors (Lipinski definition) is 2. The van der Waals surface area contributed by atoms with Crippen LogP contribution >= 0.6 is 23.4 Å². The molecule has 0 aliphatic carbocycles. The van der Waals surface area contributed by atoms with Crippen LogP contribution in [-0.4, -0.2) is 11.7 Å². The van der Waals surface area contributed by atoms with E-state index in [1.807, 2.05) is 0 Å². The zero-order valence-corrected chi connectivity index (χ0v) is 13.6. The number of anilines is 1. The molecule has 0 aromatic heterocycles. The van der Waals surface area contributed by atoms with E-state index in [-0.39, 0.29) is 16.7 Å². The zero-order valence-electron chi connectivity index (χ0n) is 12.0. The molecule has 2 aromatic carbocycles. The van der Waals surface area contributed by atoms with Gasteiger partial charge < -0.3 is 0 Å².